The van der Waals surface area contributed by atoms with E-state index in [1.807, 2.05) is 13.8 Å². The Morgan fingerprint density at radius 2 is 1.95 bits per heavy atom. The number of hydrogen-bond donors (Lipinski definition) is 2. The van der Waals surface area contributed by atoms with Crippen molar-refractivity contribution in [1.29, 1.82) is 5.26 Å². The zero-order chi connectivity index (χ0) is 30.9. The van der Waals surface area contributed by atoms with Crippen LogP contribution in [0.5, 0.6) is 11.5 Å². The van der Waals surface area contributed by atoms with E-state index in [0.717, 1.165) is 11.8 Å². The van der Waals surface area contributed by atoms with Crippen molar-refractivity contribution in [2.24, 2.45) is 11.1 Å². The molecular formula is C30H29FN6O4S2. The number of amides is 1. The average Bonchev–Trinajstić information content (AvgIpc) is 3.44. The number of rotatable bonds is 8. The predicted octanol–water partition coefficient (Wildman–Crippen LogP) is 5.37. The van der Waals surface area contributed by atoms with Gasteiger partial charge in [-0.3, -0.25) is 14.5 Å². The average molecular weight is 621 g/mol. The summed E-state index contributed by atoms with van der Waals surface area (Å²) in [6.45, 7) is 4.01. The smallest absolute Gasteiger partial charge is 0.234 e. The van der Waals surface area contributed by atoms with Gasteiger partial charge in [-0.1, -0.05) is 55.1 Å². The fourth-order valence-electron chi connectivity index (χ4n) is 5.32. The van der Waals surface area contributed by atoms with Gasteiger partial charge >= 0.3 is 0 Å². The molecule has 0 radical (unpaired) electrons. The molecular weight excluding hydrogens is 592 g/mol. The summed E-state index contributed by atoms with van der Waals surface area (Å²) in [6, 6.07) is 13.4. The summed E-state index contributed by atoms with van der Waals surface area (Å²) in [4.78, 5) is 27.9. The molecule has 1 aliphatic carbocycles. The van der Waals surface area contributed by atoms with Crippen LogP contribution in [0.1, 0.15) is 38.2 Å². The highest BCUT2D eigenvalue weighted by Crippen LogP contribution is 2.51. The number of halogens is 1. The molecule has 10 nitrogen and oxygen atoms in total. The summed E-state index contributed by atoms with van der Waals surface area (Å²) < 4.78 is 25.3. The van der Waals surface area contributed by atoms with Gasteiger partial charge in [0.05, 0.1) is 43.2 Å². The maximum absolute atomic E-state index is 13.9. The summed E-state index contributed by atoms with van der Waals surface area (Å²) in [7, 11) is 3.05. The molecule has 13 heteroatoms. The van der Waals surface area contributed by atoms with E-state index in [1.54, 1.807) is 35.2 Å². The number of allylic oxidation sites excluding steroid dienone is 3. The molecule has 2 aliphatic rings. The first kappa shape index (κ1) is 30.1. The van der Waals surface area contributed by atoms with E-state index in [0.29, 0.717) is 50.6 Å². The van der Waals surface area contributed by atoms with E-state index in [1.165, 1.54) is 37.7 Å². The number of benzene rings is 2. The van der Waals surface area contributed by atoms with Crippen molar-refractivity contribution in [3.05, 3.63) is 76.5 Å². The minimum absolute atomic E-state index is 0.0292. The second-order valence-electron chi connectivity index (χ2n) is 10.8. The molecule has 3 N–H and O–H groups in total. The minimum atomic E-state index is -0.705. The Hall–Kier alpha value is -4.41. The molecule has 1 unspecified atom stereocenters. The van der Waals surface area contributed by atoms with Crippen molar-refractivity contribution in [3.63, 3.8) is 0 Å². The molecule has 1 aromatic heterocycles. The van der Waals surface area contributed by atoms with Crippen molar-refractivity contribution < 1.29 is 23.5 Å². The molecule has 5 rings (SSSR count). The molecule has 1 atom stereocenters. The molecule has 0 fully saturated rings. The van der Waals surface area contributed by atoms with Crippen LogP contribution in [0.3, 0.4) is 0 Å². The molecule has 2 heterocycles. The molecule has 43 heavy (non-hydrogen) atoms. The maximum Gasteiger partial charge on any atom is 0.234 e. The van der Waals surface area contributed by atoms with E-state index >= 15 is 0 Å². The van der Waals surface area contributed by atoms with Gasteiger partial charge < -0.3 is 20.5 Å². The van der Waals surface area contributed by atoms with Crippen LogP contribution in [0.2, 0.25) is 0 Å². The lowest BCUT2D eigenvalue weighted by Gasteiger charge is -2.42. The largest absolute Gasteiger partial charge is 0.493 e. The van der Waals surface area contributed by atoms with Gasteiger partial charge in [0.25, 0.3) is 0 Å². The maximum atomic E-state index is 13.9. The Balaban J connectivity index is 1.50. The SMILES string of the molecule is COc1ccc(C2C(C#N)=C(N)N(c3nnc(SCC(=O)Nc4ccccc4F)s3)C3=C2C(=O)CC(C)(C)C3)cc1OC. The van der Waals surface area contributed by atoms with E-state index < -0.39 is 17.6 Å². The number of nitriles is 1. The summed E-state index contributed by atoms with van der Waals surface area (Å²) >= 11 is 2.31. The van der Waals surface area contributed by atoms with Gasteiger partial charge in [-0.25, -0.2) is 4.39 Å². The van der Waals surface area contributed by atoms with Crippen molar-refractivity contribution in [3.8, 4) is 17.6 Å². The molecule has 3 aromatic rings. The summed E-state index contributed by atoms with van der Waals surface area (Å²) in [5.41, 5.74) is 8.44. The number of carbonyl (C=O) groups excluding carboxylic acids is 2. The number of para-hydroxylation sites is 1. The van der Waals surface area contributed by atoms with Crippen LogP contribution in [0.25, 0.3) is 0 Å². The normalized spacial score (nSPS) is 17.8. The van der Waals surface area contributed by atoms with E-state index in [9.17, 15) is 19.2 Å². The first-order valence-electron chi connectivity index (χ1n) is 13.3. The van der Waals surface area contributed by atoms with E-state index in [4.69, 9.17) is 15.2 Å². The van der Waals surface area contributed by atoms with Crippen LogP contribution in [0.4, 0.5) is 15.2 Å². The number of Topliss-reactive ketones (excluding diaryl/α,β-unsaturated/α-hetero) is 1. The number of nitrogens with two attached hydrogens (primary N) is 1. The molecule has 1 amide bonds. The second-order valence-corrected chi connectivity index (χ2v) is 12.9. The third-order valence-corrected chi connectivity index (χ3v) is 9.23. The lowest BCUT2D eigenvalue weighted by molar-refractivity contribution is -0.118. The van der Waals surface area contributed by atoms with Gasteiger partial charge in [0, 0.05) is 17.7 Å². The quantitative estimate of drug-likeness (QED) is 0.316. The number of anilines is 2. The standard InChI is InChI=1S/C30H29FN6O4S2/c1-30(2)12-20-26(21(38)13-30)25(16-9-10-22(40-3)23(11-16)41-4)17(14-32)27(33)37(20)28-35-36-29(43-28)42-15-24(39)34-19-8-6-5-7-18(19)31/h5-11,25H,12-13,15,33H2,1-4H3,(H,34,39). The fourth-order valence-corrected chi connectivity index (χ4v) is 7.00. The number of carbonyl (C=O) groups is 2. The number of thioether (sulfide) groups is 1. The zero-order valence-electron chi connectivity index (χ0n) is 23.9. The van der Waals surface area contributed by atoms with Gasteiger partial charge in [-0.05, 0) is 41.7 Å². The number of methoxy groups -OCH3 is 2. The Kier molecular flexibility index (Phi) is 8.43. The number of nitrogens with zero attached hydrogens (tertiary/aromatic N) is 4. The van der Waals surface area contributed by atoms with Crippen molar-refractivity contribution in [2.75, 3.05) is 30.2 Å². The molecule has 1 aliphatic heterocycles. The lowest BCUT2D eigenvalue weighted by Crippen LogP contribution is -2.42. The second kappa shape index (κ2) is 12.1. The number of aromatic nitrogens is 2. The highest BCUT2D eigenvalue weighted by molar-refractivity contribution is 8.01. The monoisotopic (exact) mass is 620 g/mol. The number of nitrogens with one attached hydrogen (secondary N) is 1. The molecule has 2 aromatic carbocycles. The molecule has 0 spiro atoms. The number of hydrogen-bond acceptors (Lipinski definition) is 11. The Labute approximate surface area is 256 Å². The molecule has 0 saturated heterocycles. The predicted molar refractivity (Wildman–Crippen MR) is 162 cm³/mol. The van der Waals surface area contributed by atoms with E-state index in [-0.39, 0.29) is 34.0 Å². The third kappa shape index (κ3) is 5.93. The third-order valence-electron chi connectivity index (χ3n) is 7.18. The Morgan fingerprint density at radius 1 is 1.21 bits per heavy atom. The van der Waals surface area contributed by atoms with Crippen LogP contribution >= 0.6 is 23.1 Å². The minimum Gasteiger partial charge on any atom is -0.493 e. The highest BCUT2D eigenvalue weighted by Gasteiger charge is 2.45. The van der Waals surface area contributed by atoms with Crippen molar-refractivity contribution >= 4 is 45.6 Å². The molecule has 0 bridgehead atoms. The van der Waals surface area contributed by atoms with Crippen molar-refractivity contribution in [1.82, 2.24) is 10.2 Å². The van der Waals surface area contributed by atoms with Gasteiger partial charge in [0.15, 0.2) is 21.6 Å². The summed E-state index contributed by atoms with van der Waals surface area (Å²) in [5.74, 6) is -0.614. The van der Waals surface area contributed by atoms with Crippen LogP contribution < -0.4 is 25.4 Å². The highest BCUT2D eigenvalue weighted by atomic mass is 32.2. The molecule has 0 saturated carbocycles. The van der Waals surface area contributed by atoms with Crippen molar-refractivity contribution in [2.45, 2.75) is 36.9 Å². The van der Waals surface area contributed by atoms with Gasteiger partial charge in [-0.15, -0.1) is 10.2 Å². The molecule has 222 valence electrons. The van der Waals surface area contributed by atoms with Crippen LogP contribution in [0, 0.1) is 22.6 Å². The topological polar surface area (TPSA) is 143 Å². The van der Waals surface area contributed by atoms with Crippen LogP contribution in [0.15, 0.2) is 69.5 Å². The zero-order valence-corrected chi connectivity index (χ0v) is 25.6. The van der Waals surface area contributed by atoms with Crippen LogP contribution in [-0.2, 0) is 9.59 Å². The van der Waals surface area contributed by atoms with Crippen LogP contribution in [-0.4, -0.2) is 41.9 Å². The van der Waals surface area contributed by atoms with E-state index in [2.05, 4.69) is 21.6 Å². The fraction of sp³-hybridized carbons (Fsp3) is 0.300. The first-order valence-corrected chi connectivity index (χ1v) is 15.1. The van der Waals surface area contributed by atoms with Gasteiger partial charge in [0.2, 0.25) is 11.0 Å². The summed E-state index contributed by atoms with van der Waals surface area (Å²) in [5, 5.41) is 21.8. The van der Waals surface area contributed by atoms with Gasteiger partial charge in [0.1, 0.15) is 11.6 Å². The lowest BCUT2D eigenvalue weighted by atomic mass is 9.68. The first-order chi connectivity index (χ1) is 20.6. The number of ketones is 1. The Morgan fingerprint density at radius 3 is 2.65 bits per heavy atom. The summed E-state index contributed by atoms with van der Waals surface area (Å²) in [6.07, 6.45) is 0.806. The Bertz CT molecular complexity index is 1710. The number of ether oxygens (including phenoxy) is 2. The van der Waals surface area contributed by atoms with Gasteiger partial charge in [-0.2, -0.15) is 5.26 Å².